The van der Waals surface area contributed by atoms with E-state index in [0.717, 1.165) is 24.9 Å². The fourth-order valence-corrected chi connectivity index (χ4v) is 1.96. The molecule has 5 heteroatoms. The molecular formula is C16H20BrN3O. The standard InChI is InChI=1S/C16H19N3O.BrH/c20-16(18-14-15-7-6-9-17-13-15)8-2-5-12-19-10-3-1-4-11-19;/h1,3-4,6-7,9-11,13H,2,5,8,12,14H2;1H. The van der Waals surface area contributed by atoms with Gasteiger partial charge in [0.15, 0.2) is 12.4 Å². The number of carbonyl (C=O) groups is 1. The van der Waals surface area contributed by atoms with Crippen LogP contribution in [0.25, 0.3) is 0 Å². The Balaban J connectivity index is 0.00000220. The summed E-state index contributed by atoms with van der Waals surface area (Å²) >= 11 is 0. The van der Waals surface area contributed by atoms with Gasteiger partial charge in [-0.1, -0.05) is 12.1 Å². The third kappa shape index (κ3) is 6.99. The van der Waals surface area contributed by atoms with Gasteiger partial charge in [-0.05, 0) is 18.1 Å². The number of pyridine rings is 2. The Labute approximate surface area is 136 Å². The fourth-order valence-electron chi connectivity index (χ4n) is 1.96. The average molecular weight is 350 g/mol. The van der Waals surface area contributed by atoms with Crippen molar-refractivity contribution < 1.29 is 26.3 Å². The highest BCUT2D eigenvalue weighted by molar-refractivity contribution is 5.75. The number of nitrogens with zero attached hydrogens (tertiary/aromatic N) is 2. The summed E-state index contributed by atoms with van der Waals surface area (Å²) in [5.41, 5.74) is 1.03. The molecular weight excluding hydrogens is 330 g/mol. The van der Waals surface area contributed by atoms with E-state index in [1.54, 1.807) is 12.4 Å². The Kier molecular flexibility index (Phi) is 8.28. The Hall–Kier alpha value is -1.75. The van der Waals surface area contributed by atoms with Crippen molar-refractivity contribution in [2.75, 3.05) is 0 Å². The van der Waals surface area contributed by atoms with Gasteiger partial charge in [0, 0.05) is 43.9 Å². The van der Waals surface area contributed by atoms with Gasteiger partial charge in [0.1, 0.15) is 6.54 Å². The number of aromatic nitrogens is 2. The highest BCUT2D eigenvalue weighted by Crippen LogP contribution is 1.98. The van der Waals surface area contributed by atoms with Gasteiger partial charge in [-0.25, -0.2) is 4.57 Å². The number of amides is 1. The van der Waals surface area contributed by atoms with Crippen LogP contribution in [-0.4, -0.2) is 10.9 Å². The van der Waals surface area contributed by atoms with E-state index < -0.39 is 0 Å². The van der Waals surface area contributed by atoms with Crippen molar-refractivity contribution >= 4 is 5.91 Å². The van der Waals surface area contributed by atoms with E-state index in [9.17, 15) is 4.79 Å². The predicted molar refractivity (Wildman–Crippen MR) is 76.6 cm³/mol. The Morgan fingerprint density at radius 2 is 1.95 bits per heavy atom. The molecule has 2 aromatic heterocycles. The van der Waals surface area contributed by atoms with E-state index in [4.69, 9.17) is 0 Å². The number of nitrogens with one attached hydrogen (secondary N) is 1. The summed E-state index contributed by atoms with van der Waals surface area (Å²) in [6, 6.07) is 9.86. The second-order valence-corrected chi connectivity index (χ2v) is 4.71. The second kappa shape index (κ2) is 10.0. The summed E-state index contributed by atoms with van der Waals surface area (Å²) in [6.07, 6.45) is 10.1. The van der Waals surface area contributed by atoms with Crippen LogP contribution in [0.2, 0.25) is 0 Å². The van der Waals surface area contributed by atoms with Crippen LogP contribution in [0.4, 0.5) is 0 Å². The zero-order valence-corrected chi connectivity index (χ0v) is 13.5. The number of hydrogen-bond acceptors (Lipinski definition) is 2. The molecule has 0 aromatic carbocycles. The minimum absolute atomic E-state index is 0. The first-order valence-corrected chi connectivity index (χ1v) is 6.94. The van der Waals surface area contributed by atoms with Gasteiger partial charge < -0.3 is 22.3 Å². The molecule has 0 bridgehead atoms. The molecule has 0 aliphatic carbocycles. The van der Waals surface area contributed by atoms with Gasteiger partial charge in [0.05, 0.1) is 0 Å². The van der Waals surface area contributed by atoms with Crippen molar-refractivity contribution in [3.63, 3.8) is 0 Å². The molecule has 0 aliphatic rings. The van der Waals surface area contributed by atoms with Gasteiger partial charge in [0.2, 0.25) is 5.91 Å². The summed E-state index contributed by atoms with van der Waals surface area (Å²) in [6.45, 7) is 1.51. The highest BCUT2D eigenvalue weighted by Gasteiger charge is 2.03. The van der Waals surface area contributed by atoms with Crippen LogP contribution in [0.1, 0.15) is 24.8 Å². The maximum absolute atomic E-state index is 11.7. The summed E-state index contributed by atoms with van der Waals surface area (Å²) in [7, 11) is 0. The van der Waals surface area contributed by atoms with E-state index >= 15 is 0 Å². The quantitative estimate of drug-likeness (QED) is 0.507. The summed E-state index contributed by atoms with van der Waals surface area (Å²) in [4.78, 5) is 15.7. The molecule has 112 valence electrons. The normalized spacial score (nSPS) is 9.71. The maximum Gasteiger partial charge on any atom is 0.220 e. The van der Waals surface area contributed by atoms with E-state index in [1.165, 1.54) is 0 Å². The van der Waals surface area contributed by atoms with Gasteiger partial charge in [-0.15, -0.1) is 0 Å². The van der Waals surface area contributed by atoms with Gasteiger partial charge >= 0.3 is 0 Å². The number of halogens is 1. The zero-order valence-electron chi connectivity index (χ0n) is 11.9. The summed E-state index contributed by atoms with van der Waals surface area (Å²) in [5.74, 6) is 0.104. The lowest BCUT2D eigenvalue weighted by Gasteiger charge is -2.04. The molecule has 0 aliphatic heterocycles. The van der Waals surface area contributed by atoms with Crippen LogP contribution in [0, 0.1) is 0 Å². The van der Waals surface area contributed by atoms with Crippen LogP contribution < -0.4 is 26.9 Å². The van der Waals surface area contributed by atoms with Crippen LogP contribution in [0.3, 0.4) is 0 Å². The minimum atomic E-state index is 0. The molecule has 1 amide bonds. The summed E-state index contributed by atoms with van der Waals surface area (Å²) in [5, 5.41) is 2.91. The Bertz CT molecular complexity index is 520. The van der Waals surface area contributed by atoms with E-state index in [-0.39, 0.29) is 22.9 Å². The molecule has 2 rings (SSSR count). The average Bonchev–Trinajstić information content (AvgIpc) is 2.52. The Morgan fingerprint density at radius 3 is 2.67 bits per heavy atom. The largest absolute Gasteiger partial charge is 1.00 e. The second-order valence-electron chi connectivity index (χ2n) is 4.71. The first-order chi connectivity index (χ1) is 9.84. The van der Waals surface area contributed by atoms with E-state index in [1.807, 2.05) is 42.7 Å². The highest BCUT2D eigenvalue weighted by atomic mass is 79.9. The Morgan fingerprint density at radius 1 is 1.14 bits per heavy atom. The van der Waals surface area contributed by atoms with Crippen LogP contribution >= 0.6 is 0 Å². The fraction of sp³-hybridized carbons (Fsp3) is 0.312. The molecule has 2 aromatic rings. The van der Waals surface area contributed by atoms with Crippen LogP contribution in [0.5, 0.6) is 0 Å². The van der Waals surface area contributed by atoms with E-state index in [0.29, 0.717) is 13.0 Å². The SMILES string of the molecule is O=C(CCCC[n+]1ccccc1)NCc1cccnc1.[Br-]. The topological polar surface area (TPSA) is 45.9 Å². The first-order valence-electron chi connectivity index (χ1n) is 6.94. The molecule has 4 nitrogen and oxygen atoms in total. The van der Waals surface area contributed by atoms with Crippen molar-refractivity contribution in [3.8, 4) is 0 Å². The molecule has 21 heavy (non-hydrogen) atoms. The monoisotopic (exact) mass is 349 g/mol. The molecule has 0 unspecified atom stereocenters. The molecule has 0 saturated carbocycles. The molecule has 0 saturated heterocycles. The molecule has 1 N–H and O–H groups in total. The predicted octanol–water partition coefficient (Wildman–Crippen LogP) is -1.14. The van der Waals surface area contributed by atoms with Crippen molar-refractivity contribution in [3.05, 3.63) is 60.7 Å². The van der Waals surface area contributed by atoms with E-state index in [2.05, 4.69) is 14.9 Å². The molecule has 0 radical (unpaired) electrons. The lowest BCUT2D eigenvalue weighted by atomic mass is 10.2. The number of hydrogen-bond donors (Lipinski definition) is 1. The third-order valence-electron chi connectivity index (χ3n) is 3.06. The number of unbranched alkanes of at least 4 members (excludes halogenated alkanes) is 1. The zero-order chi connectivity index (χ0) is 14.0. The van der Waals surface area contributed by atoms with Crippen LogP contribution in [0.15, 0.2) is 55.1 Å². The third-order valence-corrected chi connectivity index (χ3v) is 3.06. The molecule has 0 atom stereocenters. The van der Waals surface area contributed by atoms with Crippen molar-refractivity contribution in [2.45, 2.75) is 32.4 Å². The lowest BCUT2D eigenvalue weighted by Crippen LogP contribution is -3.00. The molecule has 0 spiro atoms. The van der Waals surface area contributed by atoms with Gasteiger partial charge in [-0.3, -0.25) is 9.78 Å². The summed E-state index contributed by atoms with van der Waals surface area (Å²) < 4.78 is 2.13. The van der Waals surface area contributed by atoms with Crippen LogP contribution in [-0.2, 0) is 17.9 Å². The minimum Gasteiger partial charge on any atom is -1.00 e. The molecule has 0 fully saturated rings. The smallest absolute Gasteiger partial charge is 0.220 e. The van der Waals surface area contributed by atoms with Gasteiger partial charge in [-0.2, -0.15) is 0 Å². The van der Waals surface area contributed by atoms with Crippen molar-refractivity contribution in [2.24, 2.45) is 0 Å². The van der Waals surface area contributed by atoms with Crippen molar-refractivity contribution in [1.29, 1.82) is 0 Å². The first kappa shape index (κ1) is 17.3. The number of rotatable bonds is 7. The lowest BCUT2D eigenvalue weighted by molar-refractivity contribution is -0.697. The number of aryl methyl sites for hydroxylation is 1. The van der Waals surface area contributed by atoms with Gasteiger partial charge in [0.25, 0.3) is 0 Å². The van der Waals surface area contributed by atoms with Crippen molar-refractivity contribution in [1.82, 2.24) is 10.3 Å². The number of carbonyl (C=O) groups excluding carboxylic acids is 1. The molecule has 2 heterocycles. The maximum atomic E-state index is 11.7.